The third kappa shape index (κ3) is 4.49. The van der Waals surface area contributed by atoms with Crippen molar-refractivity contribution in [3.05, 3.63) is 48.2 Å². The number of pyridine rings is 1. The Morgan fingerprint density at radius 2 is 1.96 bits per heavy atom. The molecule has 3 heterocycles. The lowest BCUT2D eigenvalue weighted by Crippen LogP contribution is -2.40. The van der Waals surface area contributed by atoms with E-state index >= 15 is 0 Å². The van der Waals surface area contributed by atoms with Gasteiger partial charge in [0.15, 0.2) is 11.5 Å². The molecular weight excluding hydrogens is 348 g/mol. The molecule has 27 heavy (non-hydrogen) atoms. The zero-order chi connectivity index (χ0) is 18.5. The molecule has 4 rings (SSSR count). The highest BCUT2D eigenvalue weighted by atomic mass is 16.6. The molecule has 1 N–H and O–H groups in total. The smallest absolute Gasteiger partial charge is 0.252 e. The molecule has 1 aromatic carbocycles. The average molecular weight is 370 g/mol. The number of aromatic nitrogens is 1. The van der Waals surface area contributed by atoms with Crippen molar-refractivity contribution in [3.8, 4) is 17.4 Å². The molecule has 0 spiro atoms. The monoisotopic (exact) mass is 370 g/mol. The molecule has 1 unspecified atom stereocenters. The number of hydrogen-bond donors (Lipinski definition) is 1. The quantitative estimate of drug-likeness (QED) is 0.869. The first-order valence-electron chi connectivity index (χ1n) is 9.15. The number of amides is 1. The third-order valence-corrected chi connectivity index (χ3v) is 4.51. The van der Waals surface area contributed by atoms with Crippen molar-refractivity contribution in [3.63, 3.8) is 0 Å². The van der Waals surface area contributed by atoms with E-state index in [0.717, 1.165) is 18.6 Å². The molecule has 1 aromatic heterocycles. The number of nitrogens with one attached hydrogen (secondary N) is 1. The van der Waals surface area contributed by atoms with Crippen LogP contribution in [0.25, 0.3) is 0 Å². The van der Waals surface area contributed by atoms with Crippen LogP contribution in [0, 0.1) is 0 Å². The Hall–Kier alpha value is -2.80. The lowest BCUT2D eigenvalue weighted by atomic mass is 10.1. The summed E-state index contributed by atoms with van der Waals surface area (Å²) in [6, 6.07) is 10.9. The van der Waals surface area contributed by atoms with Crippen LogP contribution in [-0.4, -0.2) is 49.5 Å². The van der Waals surface area contributed by atoms with Gasteiger partial charge in [0.25, 0.3) is 5.91 Å². The second-order valence-corrected chi connectivity index (χ2v) is 6.52. The molecule has 0 bridgehead atoms. The fraction of sp³-hybridized carbons (Fsp3) is 0.400. The van der Waals surface area contributed by atoms with Crippen molar-refractivity contribution < 1.29 is 23.7 Å². The summed E-state index contributed by atoms with van der Waals surface area (Å²) >= 11 is 0. The van der Waals surface area contributed by atoms with Crippen molar-refractivity contribution in [1.29, 1.82) is 0 Å². The molecule has 1 fully saturated rings. The predicted octanol–water partition coefficient (Wildman–Crippen LogP) is 2.21. The number of para-hydroxylation sites is 2. The van der Waals surface area contributed by atoms with Crippen molar-refractivity contribution in [2.75, 3.05) is 26.4 Å². The minimum Gasteiger partial charge on any atom is -0.486 e. The summed E-state index contributed by atoms with van der Waals surface area (Å²) in [4.78, 5) is 16.6. The molecule has 0 saturated carbocycles. The Morgan fingerprint density at radius 1 is 1.15 bits per heavy atom. The van der Waals surface area contributed by atoms with Crippen LogP contribution in [0.2, 0.25) is 0 Å². The Kier molecular flexibility index (Phi) is 5.39. The second-order valence-electron chi connectivity index (χ2n) is 6.52. The third-order valence-electron chi connectivity index (χ3n) is 4.51. The van der Waals surface area contributed by atoms with Gasteiger partial charge in [-0.15, -0.1) is 0 Å². The van der Waals surface area contributed by atoms with E-state index in [4.69, 9.17) is 18.9 Å². The topological polar surface area (TPSA) is 78.9 Å². The first-order chi connectivity index (χ1) is 13.3. The zero-order valence-electron chi connectivity index (χ0n) is 14.9. The lowest BCUT2D eigenvalue weighted by molar-refractivity contribution is 0.0237. The maximum Gasteiger partial charge on any atom is 0.252 e. The van der Waals surface area contributed by atoms with E-state index in [0.29, 0.717) is 43.6 Å². The van der Waals surface area contributed by atoms with Crippen LogP contribution in [0.1, 0.15) is 23.2 Å². The number of fused-ring (bicyclic) bond motifs is 1. The normalized spacial score (nSPS) is 19.3. The highest BCUT2D eigenvalue weighted by Gasteiger charge is 2.21. The van der Waals surface area contributed by atoms with Gasteiger partial charge in [0, 0.05) is 25.1 Å². The van der Waals surface area contributed by atoms with Crippen LogP contribution in [-0.2, 0) is 4.74 Å². The molecule has 0 radical (unpaired) electrons. The van der Waals surface area contributed by atoms with Gasteiger partial charge in [0.1, 0.15) is 18.8 Å². The van der Waals surface area contributed by atoms with Gasteiger partial charge >= 0.3 is 0 Å². The van der Waals surface area contributed by atoms with E-state index in [2.05, 4.69) is 10.3 Å². The zero-order valence-corrected chi connectivity index (χ0v) is 14.9. The van der Waals surface area contributed by atoms with Crippen LogP contribution >= 0.6 is 0 Å². The van der Waals surface area contributed by atoms with Gasteiger partial charge in [-0.1, -0.05) is 12.1 Å². The number of carbonyl (C=O) groups excluding carboxylic acids is 1. The number of ether oxygens (including phenoxy) is 4. The highest BCUT2D eigenvalue weighted by molar-refractivity contribution is 5.93. The molecule has 1 amide bonds. The molecule has 7 heteroatoms. The molecular formula is C20H22N2O5. The van der Waals surface area contributed by atoms with Gasteiger partial charge in [-0.25, -0.2) is 4.98 Å². The Balaban J connectivity index is 1.27. The van der Waals surface area contributed by atoms with Crippen LogP contribution in [0.4, 0.5) is 0 Å². The minimum atomic E-state index is -0.229. The van der Waals surface area contributed by atoms with Gasteiger partial charge in [0.2, 0.25) is 5.88 Å². The van der Waals surface area contributed by atoms with Gasteiger partial charge in [-0.3, -0.25) is 4.79 Å². The molecule has 2 aromatic rings. The summed E-state index contributed by atoms with van der Waals surface area (Å²) in [5.41, 5.74) is 0.478. The Morgan fingerprint density at radius 3 is 2.74 bits per heavy atom. The largest absolute Gasteiger partial charge is 0.486 e. The summed E-state index contributed by atoms with van der Waals surface area (Å²) in [6.07, 6.45) is 3.13. The Bertz CT molecular complexity index is 774. The maximum absolute atomic E-state index is 12.3. The molecule has 2 aliphatic heterocycles. The first kappa shape index (κ1) is 17.6. The number of hydrogen-bond acceptors (Lipinski definition) is 6. The molecule has 2 aliphatic rings. The summed E-state index contributed by atoms with van der Waals surface area (Å²) in [6.45, 7) is 2.17. The van der Waals surface area contributed by atoms with Gasteiger partial charge in [-0.05, 0) is 18.2 Å². The standard InChI is InChI=1S/C20H22N2O5/c23-20(22-12-16-13-25-17-3-1-2-4-18(17)26-16)14-5-6-19(21-11-14)27-15-7-9-24-10-8-15/h1-6,11,15-16H,7-10,12-13H2,(H,22,23). The molecule has 1 saturated heterocycles. The number of nitrogens with zero attached hydrogens (tertiary/aromatic N) is 1. The Labute approximate surface area is 157 Å². The average Bonchev–Trinajstić information content (AvgIpc) is 2.73. The van der Waals surface area contributed by atoms with Crippen LogP contribution < -0.4 is 19.5 Å². The molecule has 7 nitrogen and oxygen atoms in total. The van der Waals surface area contributed by atoms with Crippen molar-refractivity contribution >= 4 is 5.91 Å². The van der Waals surface area contributed by atoms with Crippen molar-refractivity contribution in [1.82, 2.24) is 10.3 Å². The number of benzene rings is 1. The van der Waals surface area contributed by atoms with E-state index < -0.39 is 0 Å². The van der Waals surface area contributed by atoms with Crippen LogP contribution in [0.3, 0.4) is 0 Å². The summed E-state index contributed by atoms with van der Waals surface area (Å²) in [5, 5.41) is 2.86. The molecule has 1 atom stereocenters. The SMILES string of the molecule is O=C(NCC1COc2ccccc2O1)c1ccc(OC2CCOCC2)nc1. The summed E-state index contributed by atoms with van der Waals surface area (Å²) in [7, 11) is 0. The van der Waals surface area contributed by atoms with Crippen LogP contribution in [0.15, 0.2) is 42.6 Å². The molecule has 0 aliphatic carbocycles. The van der Waals surface area contributed by atoms with Gasteiger partial charge in [-0.2, -0.15) is 0 Å². The van der Waals surface area contributed by atoms with Crippen LogP contribution in [0.5, 0.6) is 17.4 Å². The van der Waals surface area contributed by atoms with E-state index in [9.17, 15) is 4.79 Å². The van der Waals surface area contributed by atoms with E-state index in [1.807, 2.05) is 24.3 Å². The van der Waals surface area contributed by atoms with Gasteiger partial charge in [0.05, 0.1) is 25.3 Å². The highest BCUT2D eigenvalue weighted by Crippen LogP contribution is 2.30. The lowest BCUT2D eigenvalue weighted by Gasteiger charge is -2.26. The van der Waals surface area contributed by atoms with E-state index in [1.54, 1.807) is 12.1 Å². The first-order valence-corrected chi connectivity index (χ1v) is 9.15. The summed E-state index contributed by atoms with van der Waals surface area (Å²) in [5.74, 6) is 1.74. The second kappa shape index (κ2) is 8.26. The van der Waals surface area contributed by atoms with E-state index in [-0.39, 0.29) is 18.1 Å². The predicted molar refractivity (Wildman–Crippen MR) is 97.4 cm³/mol. The summed E-state index contributed by atoms with van der Waals surface area (Å²) < 4.78 is 22.6. The fourth-order valence-corrected chi connectivity index (χ4v) is 3.02. The van der Waals surface area contributed by atoms with E-state index in [1.165, 1.54) is 6.20 Å². The number of carbonyl (C=O) groups is 1. The van der Waals surface area contributed by atoms with Gasteiger partial charge < -0.3 is 24.3 Å². The maximum atomic E-state index is 12.3. The van der Waals surface area contributed by atoms with Crippen molar-refractivity contribution in [2.45, 2.75) is 25.0 Å². The minimum absolute atomic E-state index is 0.122. The number of rotatable bonds is 5. The molecule has 142 valence electrons. The fourth-order valence-electron chi connectivity index (χ4n) is 3.02. The van der Waals surface area contributed by atoms with Crippen molar-refractivity contribution in [2.24, 2.45) is 0 Å².